The molecular weight excluding hydrogens is 370 g/mol. The van der Waals surface area contributed by atoms with E-state index < -0.39 is 0 Å². The maximum atomic E-state index is 11.8. The highest BCUT2D eigenvalue weighted by Crippen LogP contribution is 2.17. The second-order valence-electron chi connectivity index (χ2n) is 6.31. The molecule has 2 heterocycles. The zero-order chi connectivity index (χ0) is 20.5. The van der Waals surface area contributed by atoms with E-state index in [9.17, 15) is 4.79 Å². The molecule has 0 radical (unpaired) electrons. The number of nitrogens with one attached hydrogen (secondary N) is 3. The van der Waals surface area contributed by atoms with Crippen LogP contribution < -0.4 is 20.7 Å². The molecule has 0 aliphatic rings. The molecule has 150 valence electrons. The quantitative estimate of drug-likeness (QED) is 0.474. The Kier molecular flexibility index (Phi) is 6.88. The molecule has 0 saturated heterocycles. The molecule has 0 aliphatic heterocycles. The molecule has 29 heavy (non-hydrogen) atoms. The van der Waals surface area contributed by atoms with E-state index in [4.69, 9.17) is 4.74 Å². The topological polar surface area (TPSA) is 114 Å². The number of aryl methyl sites for hydroxylation is 2. The van der Waals surface area contributed by atoms with E-state index in [0.29, 0.717) is 24.9 Å². The first kappa shape index (κ1) is 20.0. The Bertz CT molecular complexity index is 933. The van der Waals surface area contributed by atoms with Gasteiger partial charge in [0.2, 0.25) is 5.95 Å². The van der Waals surface area contributed by atoms with Gasteiger partial charge in [0.25, 0.3) is 5.91 Å². The summed E-state index contributed by atoms with van der Waals surface area (Å²) in [5.41, 5.74) is 2.98. The van der Waals surface area contributed by atoms with Gasteiger partial charge in [0.15, 0.2) is 6.61 Å². The first-order chi connectivity index (χ1) is 14.1. The van der Waals surface area contributed by atoms with Gasteiger partial charge >= 0.3 is 6.01 Å². The fourth-order valence-electron chi connectivity index (χ4n) is 2.41. The van der Waals surface area contributed by atoms with Crippen LogP contribution in [-0.2, 0) is 4.79 Å². The van der Waals surface area contributed by atoms with E-state index in [1.807, 2.05) is 44.2 Å². The van der Waals surface area contributed by atoms with E-state index in [0.717, 1.165) is 11.4 Å². The van der Waals surface area contributed by atoms with Crippen LogP contribution in [0, 0.1) is 13.8 Å². The number of hydrogen-bond donors (Lipinski definition) is 3. The van der Waals surface area contributed by atoms with Crippen molar-refractivity contribution in [3.8, 4) is 6.01 Å². The first-order valence-corrected chi connectivity index (χ1v) is 9.18. The SMILES string of the molecule is Cc1ccc(Nc2cc(C)nc(NCCNC(=O)COc3ncccn3)n2)cc1. The molecule has 0 aliphatic carbocycles. The van der Waals surface area contributed by atoms with E-state index >= 15 is 0 Å². The van der Waals surface area contributed by atoms with Gasteiger partial charge in [-0.05, 0) is 32.0 Å². The fourth-order valence-corrected chi connectivity index (χ4v) is 2.41. The molecule has 0 atom stereocenters. The molecule has 0 bridgehead atoms. The van der Waals surface area contributed by atoms with Crippen LogP contribution in [0.2, 0.25) is 0 Å². The summed E-state index contributed by atoms with van der Waals surface area (Å²) >= 11 is 0. The number of carbonyl (C=O) groups is 1. The van der Waals surface area contributed by atoms with Crippen LogP contribution >= 0.6 is 0 Å². The number of anilines is 3. The highest BCUT2D eigenvalue weighted by molar-refractivity contribution is 5.77. The summed E-state index contributed by atoms with van der Waals surface area (Å²) in [5.74, 6) is 0.929. The third-order valence-electron chi connectivity index (χ3n) is 3.78. The molecule has 3 rings (SSSR count). The number of aromatic nitrogens is 4. The van der Waals surface area contributed by atoms with Gasteiger partial charge in [0, 0.05) is 42.9 Å². The van der Waals surface area contributed by atoms with Gasteiger partial charge in [-0.15, -0.1) is 0 Å². The molecule has 1 amide bonds. The first-order valence-electron chi connectivity index (χ1n) is 9.18. The van der Waals surface area contributed by atoms with Crippen LogP contribution in [0.1, 0.15) is 11.3 Å². The number of carbonyl (C=O) groups excluding carboxylic acids is 1. The lowest BCUT2D eigenvalue weighted by atomic mass is 10.2. The normalized spacial score (nSPS) is 10.3. The molecule has 2 aromatic heterocycles. The Hall–Kier alpha value is -3.75. The van der Waals surface area contributed by atoms with Crippen molar-refractivity contribution in [1.29, 1.82) is 0 Å². The minimum absolute atomic E-state index is 0.143. The van der Waals surface area contributed by atoms with Crippen molar-refractivity contribution in [2.75, 3.05) is 30.3 Å². The summed E-state index contributed by atoms with van der Waals surface area (Å²) in [6.07, 6.45) is 3.10. The lowest BCUT2D eigenvalue weighted by Crippen LogP contribution is -2.33. The van der Waals surface area contributed by atoms with E-state index in [-0.39, 0.29) is 18.5 Å². The molecule has 0 saturated carbocycles. The molecule has 3 N–H and O–H groups in total. The number of rotatable bonds is 9. The Morgan fingerprint density at radius 3 is 2.55 bits per heavy atom. The minimum Gasteiger partial charge on any atom is -0.453 e. The standard InChI is InChI=1S/C20H23N7O2/c1-14-4-6-16(7-5-14)26-17-12-15(2)25-19(27-17)22-11-10-21-18(28)13-29-20-23-8-3-9-24-20/h3-9,12H,10-11,13H2,1-2H3,(H,21,28)(H2,22,25,26,27). The second kappa shape index (κ2) is 9.98. The lowest BCUT2D eigenvalue weighted by Gasteiger charge is -2.11. The number of nitrogens with zero attached hydrogens (tertiary/aromatic N) is 4. The maximum absolute atomic E-state index is 11.8. The average molecular weight is 393 g/mol. The van der Waals surface area contributed by atoms with Gasteiger partial charge in [0.1, 0.15) is 5.82 Å². The van der Waals surface area contributed by atoms with Crippen molar-refractivity contribution in [3.05, 3.63) is 60.0 Å². The Morgan fingerprint density at radius 1 is 1.03 bits per heavy atom. The summed E-state index contributed by atoms with van der Waals surface area (Å²) in [6.45, 7) is 4.67. The van der Waals surface area contributed by atoms with Gasteiger partial charge in [-0.2, -0.15) is 4.98 Å². The van der Waals surface area contributed by atoms with Crippen molar-refractivity contribution in [2.24, 2.45) is 0 Å². The molecule has 3 aromatic rings. The summed E-state index contributed by atoms with van der Waals surface area (Å²) in [6, 6.07) is 11.8. The van der Waals surface area contributed by atoms with Crippen molar-refractivity contribution in [2.45, 2.75) is 13.8 Å². The van der Waals surface area contributed by atoms with Crippen LogP contribution in [-0.4, -0.2) is 45.5 Å². The van der Waals surface area contributed by atoms with Crippen LogP contribution in [0.25, 0.3) is 0 Å². The van der Waals surface area contributed by atoms with Crippen molar-refractivity contribution in [3.63, 3.8) is 0 Å². The highest BCUT2D eigenvalue weighted by Gasteiger charge is 2.05. The molecular formula is C20H23N7O2. The van der Waals surface area contributed by atoms with Crippen LogP contribution in [0.3, 0.4) is 0 Å². The molecule has 0 fully saturated rings. The highest BCUT2D eigenvalue weighted by atomic mass is 16.5. The van der Waals surface area contributed by atoms with Gasteiger partial charge < -0.3 is 20.7 Å². The Balaban J connectivity index is 1.43. The third kappa shape index (κ3) is 6.73. The smallest absolute Gasteiger partial charge is 0.316 e. The largest absolute Gasteiger partial charge is 0.453 e. The molecule has 9 heteroatoms. The van der Waals surface area contributed by atoms with Crippen LogP contribution in [0.5, 0.6) is 6.01 Å². The maximum Gasteiger partial charge on any atom is 0.316 e. The molecule has 9 nitrogen and oxygen atoms in total. The minimum atomic E-state index is -0.258. The van der Waals surface area contributed by atoms with E-state index in [1.165, 1.54) is 5.56 Å². The predicted octanol–water partition coefficient (Wildman–Crippen LogP) is 2.23. The van der Waals surface area contributed by atoms with Crippen molar-refractivity contribution in [1.82, 2.24) is 25.3 Å². The zero-order valence-electron chi connectivity index (χ0n) is 16.3. The molecule has 0 unspecified atom stereocenters. The van der Waals surface area contributed by atoms with Gasteiger partial charge in [0.05, 0.1) is 0 Å². The van der Waals surface area contributed by atoms with E-state index in [2.05, 4.69) is 35.9 Å². The summed E-state index contributed by atoms with van der Waals surface area (Å²) < 4.78 is 5.19. The average Bonchev–Trinajstić information content (AvgIpc) is 2.72. The third-order valence-corrected chi connectivity index (χ3v) is 3.78. The van der Waals surface area contributed by atoms with Crippen molar-refractivity contribution >= 4 is 23.4 Å². The van der Waals surface area contributed by atoms with Gasteiger partial charge in [-0.1, -0.05) is 17.7 Å². The lowest BCUT2D eigenvalue weighted by molar-refractivity contribution is -0.123. The fraction of sp³-hybridized carbons (Fsp3) is 0.250. The summed E-state index contributed by atoms with van der Waals surface area (Å²) in [7, 11) is 0. The van der Waals surface area contributed by atoms with Crippen molar-refractivity contribution < 1.29 is 9.53 Å². The van der Waals surface area contributed by atoms with Gasteiger partial charge in [-0.3, -0.25) is 4.79 Å². The number of amides is 1. The number of ether oxygens (including phenoxy) is 1. The Labute approximate surface area is 169 Å². The summed E-state index contributed by atoms with van der Waals surface area (Å²) in [4.78, 5) is 28.4. The second-order valence-corrected chi connectivity index (χ2v) is 6.31. The van der Waals surface area contributed by atoms with Gasteiger partial charge in [-0.25, -0.2) is 15.0 Å². The molecule has 0 spiro atoms. The van der Waals surface area contributed by atoms with E-state index in [1.54, 1.807) is 18.5 Å². The molecule has 1 aromatic carbocycles. The van der Waals surface area contributed by atoms with Crippen LogP contribution in [0.4, 0.5) is 17.5 Å². The Morgan fingerprint density at radius 2 is 1.79 bits per heavy atom. The zero-order valence-corrected chi connectivity index (χ0v) is 16.3. The summed E-state index contributed by atoms with van der Waals surface area (Å²) in [5, 5.41) is 9.12. The van der Waals surface area contributed by atoms with Crippen LogP contribution in [0.15, 0.2) is 48.8 Å². The predicted molar refractivity (Wildman–Crippen MR) is 110 cm³/mol. The number of hydrogen-bond acceptors (Lipinski definition) is 8. The number of benzene rings is 1. The monoisotopic (exact) mass is 393 g/mol.